The molecule has 9 atom stereocenters. The Hall–Kier alpha value is -3.08. The Kier molecular flexibility index (Phi) is 7.08. The van der Waals surface area contributed by atoms with Crippen LogP contribution in [0.2, 0.25) is 0 Å². The molecular formula is C26H35ClN4O12. The molecule has 0 radical (unpaired) electrons. The average Bonchev–Trinajstić information content (AvgIpc) is 3.26. The molecule has 1 heterocycles. The standard InChI is InChI=1S/C26H35ClN4O12/c1-15-10-19-18-7-6-16-11-17(32)8-9-22(16,4)25(18,27)20(42-30(36)37)12-23(19,5)26(15,43-31(38)39)24(14-41-29(34)35)28(33)21(2,3)13-40-24/h6,8-9,15,18-20,33H,7,10-14H2,1-5H3/t15-,18?,19?,20-,22-,23-,24?,25-,26+/m0/s1. The van der Waals surface area contributed by atoms with Crippen LogP contribution in [0.1, 0.15) is 60.3 Å². The lowest BCUT2D eigenvalue weighted by Gasteiger charge is -2.65. The van der Waals surface area contributed by atoms with Crippen LogP contribution < -0.4 is 0 Å². The van der Waals surface area contributed by atoms with Crippen molar-refractivity contribution in [1.82, 2.24) is 5.06 Å². The van der Waals surface area contributed by atoms with Gasteiger partial charge in [0.25, 0.3) is 15.3 Å². The minimum Gasteiger partial charge on any atom is -0.352 e. The number of alkyl halides is 1. The Morgan fingerprint density at radius 3 is 2.35 bits per heavy atom. The third-order valence-corrected chi connectivity index (χ3v) is 12.0. The zero-order chi connectivity index (χ0) is 32.0. The molecule has 5 rings (SSSR count). The van der Waals surface area contributed by atoms with E-state index in [2.05, 4.69) is 0 Å². The number of hydroxylamine groups is 2. The highest BCUT2D eigenvalue weighted by Crippen LogP contribution is 2.74. The number of rotatable bonds is 8. The van der Waals surface area contributed by atoms with E-state index >= 15 is 0 Å². The van der Waals surface area contributed by atoms with Gasteiger partial charge in [-0.15, -0.1) is 47.0 Å². The Morgan fingerprint density at radius 1 is 1.12 bits per heavy atom. The molecule has 43 heavy (non-hydrogen) atoms. The number of hydrogen-bond donors (Lipinski definition) is 1. The fourth-order valence-electron chi connectivity index (χ4n) is 9.36. The Labute approximate surface area is 251 Å². The van der Waals surface area contributed by atoms with Gasteiger partial charge < -0.3 is 24.5 Å². The van der Waals surface area contributed by atoms with Crippen LogP contribution in [0.4, 0.5) is 0 Å². The molecule has 0 aromatic rings. The van der Waals surface area contributed by atoms with Gasteiger partial charge in [0.05, 0.1) is 17.0 Å². The third kappa shape index (κ3) is 3.95. The predicted octanol–water partition coefficient (Wildman–Crippen LogP) is 3.44. The Balaban J connectivity index is 1.76. The van der Waals surface area contributed by atoms with E-state index < -0.39 is 78.3 Å². The number of hydrogen-bond acceptors (Lipinski definition) is 13. The second-order valence-electron chi connectivity index (χ2n) is 13.4. The summed E-state index contributed by atoms with van der Waals surface area (Å²) in [6.45, 7) is 7.06. The van der Waals surface area contributed by atoms with Crippen LogP contribution in [0.15, 0.2) is 23.8 Å². The SMILES string of the molecule is C[C@H]1CC2C3CC=C4CC(=O)C=C[C@]4(C)[C@@]3(Cl)[C@@H](O[N+](=O)[O-])C[C@]2(C)[C@@]1(O[N+](=O)[O-])C1(CO[N+](=O)[O-])OCC(C)(C)N1O. The Bertz CT molecular complexity index is 1330. The fourth-order valence-corrected chi connectivity index (χ4v) is 9.90. The molecule has 1 aliphatic heterocycles. The number of nitrogens with zero attached hydrogens (tertiary/aromatic N) is 4. The largest absolute Gasteiger partial charge is 0.352 e. The molecule has 0 bridgehead atoms. The second-order valence-corrected chi connectivity index (χ2v) is 14.1. The van der Waals surface area contributed by atoms with E-state index in [4.69, 9.17) is 30.9 Å². The van der Waals surface area contributed by atoms with Crippen molar-refractivity contribution < 1.29 is 44.5 Å². The van der Waals surface area contributed by atoms with Crippen molar-refractivity contribution in [3.05, 3.63) is 54.1 Å². The van der Waals surface area contributed by atoms with E-state index in [-0.39, 0.29) is 38.1 Å². The molecule has 1 saturated heterocycles. The van der Waals surface area contributed by atoms with Crippen LogP contribution in [0.5, 0.6) is 0 Å². The smallest absolute Gasteiger partial charge is 0.295 e. The van der Waals surface area contributed by atoms with Crippen LogP contribution in [0, 0.1) is 58.9 Å². The molecule has 3 unspecified atom stereocenters. The number of carbonyl (C=O) groups is 1. The molecule has 5 aliphatic rings. The molecule has 17 heteroatoms. The maximum absolute atomic E-state index is 12.3. The third-order valence-electron chi connectivity index (χ3n) is 11.1. The molecule has 3 fully saturated rings. The molecule has 238 valence electrons. The number of fused-ring (bicyclic) bond motifs is 5. The van der Waals surface area contributed by atoms with Crippen LogP contribution in [0.25, 0.3) is 0 Å². The van der Waals surface area contributed by atoms with Gasteiger partial charge in [-0.1, -0.05) is 38.5 Å². The Morgan fingerprint density at radius 2 is 1.79 bits per heavy atom. The molecule has 0 aromatic heterocycles. The van der Waals surface area contributed by atoms with Gasteiger partial charge in [-0.05, 0) is 56.9 Å². The van der Waals surface area contributed by atoms with Crippen LogP contribution in [-0.4, -0.2) is 72.4 Å². The number of ether oxygens (including phenoxy) is 1. The van der Waals surface area contributed by atoms with E-state index in [1.807, 2.05) is 6.08 Å². The lowest BCUT2D eigenvalue weighted by Crippen LogP contribution is -2.77. The van der Waals surface area contributed by atoms with Gasteiger partial charge in [-0.2, -0.15) is 0 Å². The van der Waals surface area contributed by atoms with Gasteiger partial charge in [0, 0.05) is 17.3 Å². The van der Waals surface area contributed by atoms with Crippen molar-refractivity contribution >= 4 is 17.4 Å². The molecule has 0 spiro atoms. The van der Waals surface area contributed by atoms with Gasteiger partial charge in [-0.25, -0.2) is 0 Å². The van der Waals surface area contributed by atoms with Gasteiger partial charge in [0.1, 0.15) is 12.7 Å². The monoisotopic (exact) mass is 630 g/mol. The molecule has 1 N–H and O–H groups in total. The summed E-state index contributed by atoms with van der Waals surface area (Å²) in [5, 5.41) is 45.0. The summed E-state index contributed by atoms with van der Waals surface area (Å²) in [4.78, 5) is 62.4. The average molecular weight is 631 g/mol. The zero-order valence-electron chi connectivity index (χ0n) is 24.4. The summed E-state index contributed by atoms with van der Waals surface area (Å²) in [6.07, 6.45) is 3.82. The second kappa shape index (κ2) is 9.71. The molecular weight excluding hydrogens is 596 g/mol. The minimum absolute atomic E-state index is 0.0792. The van der Waals surface area contributed by atoms with Crippen LogP contribution in [0.3, 0.4) is 0 Å². The summed E-state index contributed by atoms with van der Waals surface area (Å²) >= 11 is 7.58. The molecule has 0 amide bonds. The maximum Gasteiger partial charge on any atom is 0.295 e. The first kappa shape index (κ1) is 31.3. The summed E-state index contributed by atoms with van der Waals surface area (Å²) in [5.41, 5.74) is -7.50. The maximum atomic E-state index is 12.3. The lowest BCUT2D eigenvalue weighted by molar-refractivity contribution is -0.804. The van der Waals surface area contributed by atoms with Crippen molar-refractivity contribution in [3.8, 4) is 0 Å². The van der Waals surface area contributed by atoms with Crippen LogP contribution >= 0.6 is 11.6 Å². The molecule has 2 saturated carbocycles. The van der Waals surface area contributed by atoms with Crippen LogP contribution in [-0.2, 0) is 24.0 Å². The van der Waals surface area contributed by atoms with Crippen molar-refractivity contribution in [2.75, 3.05) is 13.2 Å². The summed E-state index contributed by atoms with van der Waals surface area (Å²) in [5.74, 6) is -2.14. The number of ketones is 1. The molecule has 4 aliphatic carbocycles. The summed E-state index contributed by atoms with van der Waals surface area (Å²) < 4.78 is 6.14. The van der Waals surface area contributed by atoms with Gasteiger partial charge in [0.15, 0.2) is 17.1 Å². The minimum atomic E-state index is -2.30. The first-order valence-electron chi connectivity index (χ1n) is 14.0. The first-order chi connectivity index (χ1) is 19.8. The fraction of sp³-hybridized carbons (Fsp3) is 0.808. The van der Waals surface area contributed by atoms with E-state index in [0.717, 1.165) is 0 Å². The quantitative estimate of drug-likeness (QED) is 0.177. The van der Waals surface area contributed by atoms with Gasteiger partial charge in [-0.3, -0.25) is 4.79 Å². The lowest BCUT2D eigenvalue weighted by atomic mass is 9.45. The highest BCUT2D eigenvalue weighted by molar-refractivity contribution is 6.26. The topological polar surface area (TPSA) is 207 Å². The van der Waals surface area contributed by atoms with E-state index in [1.54, 1.807) is 40.7 Å². The van der Waals surface area contributed by atoms with Crippen molar-refractivity contribution in [3.63, 3.8) is 0 Å². The van der Waals surface area contributed by atoms with Crippen molar-refractivity contribution in [2.24, 2.45) is 28.6 Å². The van der Waals surface area contributed by atoms with E-state index in [0.29, 0.717) is 10.6 Å². The highest BCUT2D eigenvalue weighted by atomic mass is 35.5. The number of allylic oxidation sites excluding steroid dienone is 4. The number of halogens is 1. The zero-order valence-corrected chi connectivity index (χ0v) is 25.1. The van der Waals surface area contributed by atoms with Crippen molar-refractivity contribution in [2.45, 2.75) is 88.1 Å². The van der Waals surface area contributed by atoms with Gasteiger partial charge in [0.2, 0.25) is 0 Å². The first-order valence-corrected chi connectivity index (χ1v) is 14.4. The van der Waals surface area contributed by atoms with Gasteiger partial charge >= 0.3 is 0 Å². The molecule has 16 nitrogen and oxygen atoms in total. The predicted molar refractivity (Wildman–Crippen MR) is 144 cm³/mol. The van der Waals surface area contributed by atoms with E-state index in [1.165, 1.54) is 6.08 Å². The van der Waals surface area contributed by atoms with E-state index in [9.17, 15) is 40.3 Å². The summed E-state index contributed by atoms with van der Waals surface area (Å²) in [6, 6.07) is 0. The normalized spacial score (nSPS) is 44.9. The number of carbonyl (C=O) groups excluding carboxylic acids is 1. The van der Waals surface area contributed by atoms with Crippen molar-refractivity contribution in [1.29, 1.82) is 0 Å². The molecule has 0 aromatic carbocycles. The highest BCUT2D eigenvalue weighted by Gasteiger charge is 2.82. The summed E-state index contributed by atoms with van der Waals surface area (Å²) in [7, 11) is 0.